The lowest BCUT2D eigenvalue weighted by Crippen LogP contribution is -2.63. The molecular formula is C17H20F6O2. The van der Waals surface area contributed by atoms with Crippen LogP contribution in [0, 0.1) is 29.6 Å². The minimum absolute atomic E-state index is 0.241. The van der Waals surface area contributed by atoms with Crippen molar-refractivity contribution in [2.45, 2.75) is 56.8 Å². The first-order chi connectivity index (χ1) is 11.4. The molecule has 4 fully saturated rings. The van der Waals surface area contributed by atoms with E-state index in [1.165, 1.54) is 0 Å². The van der Waals surface area contributed by atoms with Crippen LogP contribution in [0.1, 0.15) is 39.0 Å². The highest BCUT2D eigenvalue weighted by atomic mass is 19.4. The summed E-state index contributed by atoms with van der Waals surface area (Å²) in [4.78, 5) is 10.8. The number of rotatable bonds is 4. The molecule has 0 spiro atoms. The van der Waals surface area contributed by atoms with Crippen molar-refractivity contribution in [3.05, 3.63) is 11.6 Å². The predicted molar refractivity (Wildman–Crippen MR) is 76.8 cm³/mol. The molecule has 0 heterocycles. The Morgan fingerprint density at radius 3 is 1.72 bits per heavy atom. The second kappa shape index (κ2) is 5.64. The van der Waals surface area contributed by atoms with Gasteiger partial charge in [0.2, 0.25) is 0 Å². The quantitative estimate of drug-likeness (QED) is 0.559. The van der Waals surface area contributed by atoms with E-state index in [-0.39, 0.29) is 11.8 Å². The maximum absolute atomic E-state index is 15.0. The molecule has 1 unspecified atom stereocenters. The normalized spacial score (nSPS) is 37.9. The number of allylic oxidation sites excluding steroid dienone is 1. The fourth-order valence-corrected chi connectivity index (χ4v) is 5.49. The minimum atomic E-state index is -5.90. The largest absolute Gasteiger partial charge is 0.478 e. The summed E-state index contributed by atoms with van der Waals surface area (Å²) < 4.78 is 84.9. The van der Waals surface area contributed by atoms with Crippen LogP contribution in [0.25, 0.3) is 0 Å². The molecule has 0 aromatic heterocycles. The average molecular weight is 370 g/mol. The molecule has 4 saturated carbocycles. The maximum Gasteiger partial charge on any atom is 0.432 e. The van der Waals surface area contributed by atoms with E-state index in [4.69, 9.17) is 5.11 Å². The van der Waals surface area contributed by atoms with E-state index in [1.54, 1.807) is 0 Å². The molecule has 2 nitrogen and oxygen atoms in total. The van der Waals surface area contributed by atoms with Crippen LogP contribution in [-0.2, 0) is 4.79 Å². The topological polar surface area (TPSA) is 37.3 Å². The van der Waals surface area contributed by atoms with Gasteiger partial charge in [-0.2, -0.15) is 13.2 Å². The first kappa shape index (κ1) is 18.6. The summed E-state index contributed by atoms with van der Waals surface area (Å²) in [7, 11) is 0. The molecule has 4 aliphatic carbocycles. The summed E-state index contributed by atoms with van der Waals surface area (Å²) >= 11 is 0. The zero-order chi connectivity index (χ0) is 18.8. The van der Waals surface area contributed by atoms with Gasteiger partial charge in [-0.25, -0.2) is 18.0 Å². The number of carbonyl (C=O) groups is 1. The van der Waals surface area contributed by atoms with Gasteiger partial charge >= 0.3 is 12.1 Å². The van der Waals surface area contributed by atoms with Gasteiger partial charge < -0.3 is 5.11 Å². The van der Waals surface area contributed by atoms with Crippen molar-refractivity contribution < 1.29 is 36.2 Å². The van der Waals surface area contributed by atoms with E-state index in [0.717, 1.165) is 6.42 Å². The first-order valence-corrected chi connectivity index (χ1v) is 8.43. The van der Waals surface area contributed by atoms with Gasteiger partial charge in [-0.1, -0.05) is 0 Å². The minimum Gasteiger partial charge on any atom is -0.478 e. The molecule has 25 heavy (non-hydrogen) atoms. The van der Waals surface area contributed by atoms with Crippen molar-refractivity contribution in [3.8, 4) is 0 Å². The number of alkyl halides is 6. The van der Waals surface area contributed by atoms with Crippen molar-refractivity contribution in [1.82, 2.24) is 0 Å². The summed E-state index contributed by atoms with van der Waals surface area (Å²) in [6, 6.07) is 0. The third-order valence-corrected chi connectivity index (χ3v) is 6.30. The Bertz CT molecular complexity index is 568. The Hall–Kier alpha value is -1.21. The van der Waals surface area contributed by atoms with Gasteiger partial charge in [0.05, 0.1) is 0 Å². The molecule has 0 aromatic rings. The third-order valence-electron chi connectivity index (χ3n) is 6.30. The Morgan fingerprint density at radius 2 is 1.36 bits per heavy atom. The first-order valence-electron chi connectivity index (χ1n) is 8.43. The van der Waals surface area contributed by atoms with E-state index < -0.39 is 53.1 Å². The van der Waals surface area contributed by atoms with E-state index >= 15 is 8.78 Å². The fraction of sp³-hybridized carbons (Fsp3) is 0.824. The number of halogens is 6. The lowest BCUT2D eigenvalue weighted by molar-refractivity contribution is -0.314. The molecule has 0 radical (unpaired) electrons. The third kappa shape index (κ3) is 2.76. The van der Waals surface area contributed by atoms with Gasteiger partial charge in [0.1, 0.15) is 0 Å². The van der Waals surface area contributed by atoms with Gasteiger partial charge in [0, 0.05) is 11.5 Å². The number of hydrogen-bond donors (Lipinski definition) is 1. The van der Waals surface area contributed by atoms with Crippen LogP contribution in [0.15, 0.2) is 11.6 Å². The molecule has 1 N–H and O–H groups in total. The highest BCUT2D eigenvalue weighted by Gasteiger charge is 2.75. The Balaban J connectivity index is 2.03. The summed E-state index contributed by atoms with van der Waals surface area (Å²) in [6.45, 7) is 0.690. The van der Waals surface area contributed by atoms with Crippen molar-refractivity contribution in [3.63, 3.8) is 0 Å². The summed E-state index contributed by atoms with van der Waals surface area (Å²) in [5, 5.41) is 8.74. The van der Waals surface area contributed by atoms with Gasteiger partial charge in [0.15, 0.2) is 0 Å². The van der Waals surface area contributed by atoms with E-state index in [1.807, 2.05) is 0 Å². The van der Waals surface area contributed by atoms with Crippen LogP contribution in [0.2, 0.25) is 0 Å². The molecule has 4 rings (SSSR count). The van der Waals surface area contributed by atoms with Gasteiger partial charge in [-0.15, -0.1) is 0 Å². The number of carboxylic acids is 1. The maximum atomic E-state index is 15.0. The summed E-state index contributed by atoms with van der Waals surface area (Å²) in [5.41, 5.74) is -6.06. The standard InChI is InChI=1S/C17H20F6O2/c1-8(14(24)25)7-15(18,17(21,22)23)16(19,20)13-11-3-9-2-10(5-11)6-12(13)4-9/h7,9-13H,2-6H2,1H3,(H,24,25)/b8-7+. The Kier molecular flexibility index (Phi) is 4.19. The Labute approximate surface area is 141 Å². The van der Waals surface area contributed by atoms with E-state index in [2.05, 4.69) is 0 Å². The summed E-state index contributed by atoms with van der Waals surface area (Å²) in [6.07, 6.45) is -3.80. The molecule has 0 aromatic carbocycles. The number of aliphatic carboxylic acids is 1. The monoisotopic (exact) mass is 370 g/mol. The fourth-order valence-electron chi connectivity index (χ4n) is 5.49. The highest BCUT2D eigenvalue weighted by Crippen LogP contribution is 2.64. The van der Waals surface area contributed by atoms with Crippen molar-refractivity contribution >= 4 is 5.97 Å². The molecule has 4 aliphatic rings. The smallest absolute Gasteiger partial charge is 0.432 e. The highest BCUT2D eigenvalue weighted by molar-refractivity contribution is 5.86. The molecule has 0 aliphatic heterocycles. The van der Waals surface area contributed by atoms with Crippen LogP contribution >= 0.6 is 0 Å². The average Bonchev–Trinajstić information content (AvgIpc) is 2.43. The van der Waals surface area contributed by atoms with Crippen LogP contribution < -0.4 is 0 Å². The van der Waals surface area contributed by atoms with Crippen LogP contribution in [0.4, 0.5) is 26.3 Å². The summed E-state index contributed by atoms with van der Waals surface area (Å²) in [5.74, 6) is -9.05. The Morgan fingerprint density at radius 1 is 0.920 bits per heavy atom. The SMILES string of the molecule is C/C(=C\C(F)(C(F)(F)F)C(F)(F)C1C2CC3CC(C2)CC1C3)C(=O)O. The molecule has 0 saturated heterocycles. The molecule has 0 amide bonds. The van der Waals surface area contributed by atoms with Crippen molar-refractivity contribution in [2.24, 2.45) is 29.6 Å². The van der Waals surface area contributed by atoms with E-state index in [9.17, 15) is 22.4 Å². The van der Waals surface area contributed by atoms with Gasteiger partial charge in [-0.3, -0.25) is 0 Å². The second-order valence-electron chi connectivity index (χ2n) is 7.92. The lowest BCUT2D eigenvalue weighted by Gasteiger charge is -2.57. The molecule has 142 valence electrons. The zero-order valence-corrected chi connectivity index (χ0v) is 13.6. The number of carboxylic acid groups (broad SMARTS) is 1. The molecular weight excluding hydrogens is 350 g/mol. The van der Waals surface area contributed by atoms with Crippen LogP contribution in [-0.4, -0.2) is 28.8 Å². The number of hydrogen-bond acceptors (Lipinski definition) is 1. The second-order valence-corrected chi connectivity index (χ2v) is 7.92. The molecule has 1 atom stereocenters. The van der Waals surface area contributed by atoms with Crippen LogP contribution in [0.3, 0.4) is 0 Å². The van der Waals surface area contributed by atoms with Gasteiger partial charge in [0.25, 0.3) is 11.6 Å². The zero-order valence-electron chi connectivity index (χ0n) is 13.6. The van der Waals surface area contributed by atoms with E-state index in [0.29, 0.717) is 32.6 Å². The predicted octanol–water partition coefficient (Wildman–Crippen LogP) is 5.00. The van der Waals surface area contributed by atoms with Crippen molar-refractivity contribution in [2.75, 3.05) is 0 Å². The van der Waals surface area contributed by atoms with Crippen LogP contribution in [0.5, 0.6) is 0 Å². The lowest BCUT2D eigenvalue weighted by atomic mass is 9.49. The van der Waals surface area contributed by atoms with Crippen molar-refractivity contribution in [1.29, 1.82) is 0 Å². The molecule has 4 bridgehead atoms. The molecule has 8 heteroatoms. The van der Waals surface area contributed by atoms with Gasteiger partial charge in [-0.05, 0) is 68.8 Å².